The first-order valence-electron chi connectivity index (χ1n) is 6.70. The van der Waals surface area contributed by atoms with Gasteiger partial charge in [0.05, 0.1) is 25.5 Å². The van der Waals surface area contributed by atoms with Gasteiger partial charge >= 0.3 is 0 Å². The third-order valence-electron chi connectivity index (χ3n) is 3.14. The Morgan fingerprint density at radius 3 is 2.32 bits per heavy atom. The van der Waals surface area contributed by atoms with Gasteiger partial charge in [0.2, 0.25) is 5.91 Å². The molecule has 22 heavy (non-hydrogen) atoms. The molecule has 5 heteroatoms. The Bertz CT molecular complexity index is 710. The summed E-state index contributed by atoms with van der Waals surface area (Å²) in [4.78, 5) is 24.0. The average Bonchev–Trinajstić information content (AvgIpc) is 2.53. The predicted octanol–water partition coefficient (Wildman–Crippen LogP) is 2.89. The van der Waals surface area contributed by atoms with Gasteiger partial charge in [0.1, 0.15) is 11.5 Å². The molecule has 0 unspecified atom stereocenters. The number of ether oxygens (including phenoxy) is 2. The normalized spacial score (nSPS) is 9.95. The Kier molecular flexibility index (Phi) is 4.78. The van der Waals surface area contributed by atoms with Crippen LogP contribution in [0.1, 0.15) is 22.8 Å². The number of rotatable bonds is 5. The van der Waals surface area contributed by atoms with E-state index in [1.807, 2.05) is 0 Å². The van der Waals surface area contributed by atoms with Crippen LogP contribution in [0.4, 0.5) is 5.69 Å². The number of hydrogen-bond donors (Lipinski definition) is 1. The number of anilines is 1. The molecule has 0 fully saturated rings. The highest BCUT2D eigenvalue weighted by atomic mass is 16.5. The summed E-state index contributed by atoms with van der Waals surface area (Å²) in [5.74, 6) is 0.552. The van der Waals surface area contributed by atoms with E-state index in [0.717, 1.165) is 0 Å². The van der Waals surface area contributed by atoms with E-state index in [9.17, 15) is 9.59 Å². The van der Waals surface area contributed by atoms with Crippen molar-refractivity contribution in [1.82, 2.24) is 0 Å². The lowest BCUT2D eigenvalue weighted by Gasteiger charge is -2.12. The van der Waals surface area contributed by atoms with Crippen LogP contribution in [-0.2, 0) is 4.79 Å². The SMILES string of the molecule is COc1ccc(C(=O)c2ccccc2NC(C)=O)c(OC)c1. The van der Waals surface area contributed by atoms with Gasteiger partial charge in [0.25, 0.3) is 0 Å². The maximum atomic E-state index is 12.8. The molecule has 0 aliphatic rings. The summed E-state index contributed by atoms with van der Waals surface area (Å²) >= 11 is 0. The van der Waals surface area contributed by atoms with Crippen LogP contribution in [0.3, 0.4) is 0 Å². The van der Waals surface area contributed by atoms with Crippen LogP contribution in [0, 0.1) is 0 Å². The quantitative estimate of drug-likeness (QED) is 0.862. The molecule has 114 valence electrons. The highest BCUT2D eigenvalue weighted by Crippen LogP contribution is 2.28. The first kappa shape index (κ1) is 15.6. The zero-order chi connectivity index (χ0) is 16.1. The number of nitrogens with one attached hydrogen (secondary N) is 1. The second-order valence-corrected chi connectivity index (χ2v) is 4.62. The lowest BCUT2D eigenvalue weighted by molar-refractivity contribution is -0.114. The fourth-order valence-corrected chi connectivity index (χ4v) is 2.11. The van der Waals surface area contributed by atoms with Crippen molar-refractivity contribution in [3.05, 3.63) is 53.6 Å². The van der Waals surface area contributed by atoms with Crippen molar-refractivity contribution in [3.63, 3.8) is 0 Å². The van der Waals surface area contributed by atoms with Crippen LogP contribution in [0.2, 0.25) is 0 Å². The second-order valence-electron chi connectivity index (χ2n) is 4.62. The Labute approximate surface area is 128 Å². The van der Waals surface area contributed by atoms with Crippen molar-refractivity contribution in [1.29, 1.82) is 0 Å². The minimum Gasteiger partial charge on any atom is -0.497 e. The minimum atomic E-state index is -0.234. The molecule has 0 atom stereocenters. The number of methoxy groups -OCH3 is 2. The number of amides is 1. The van der Waals surface area contributed by atoms with E-state index >= 15 is 0 Å². The van der Waals surface area contributed by atoms with Gasteiger partial charge in [-0.25, -0.2) is 0 Å². The number of benzene rings is 2. The van der Waals surface area contributed by atoms with Crippen molar-refractivity contribution in [2.24, 2.45) is 0 Å². The zero-order valence-electron chi connectivity index (χ0n) is 12.7. The van der Waals surface area contributed by atoms with Gasteiger partial charge in [0, 0.05) is 18.6 Å². The lowest BCUT2D eigenvalue weighted by atomic mass is 10.0. The molecule has 0 aliphatic heterocycles. The average molecular weight is 299 g/mol. The standard InChI is InChI=1S/C17H17NO4/c1-11(19)18-15-7-5-4-6-13(15)17(20)14-9-8-12(21-2)10-16(14)22-3/h4-10H,1-3H3,(H,18,19). The van der Waals surface area contributed by atoms with Crippen LogP contribution in [0.5, 0.6) is 11.5 Å². The minimum absolute atomic E-state index is 0.233. The van der Waals surface area contributed by atoms with Gasteiger partial charge in [-0.3, -0.25) is 9.59 Å². The van der Waals surface area contributed by atoms with Crippen molar-refractivity contribution < 1.29 is 19.1 Å². The van der Waals surface area contributed by atoms with Gasteiger partial charge in [-0.2, -0.15) is 0 Å². The maximum absolute atomic E-state index is 12.8. The largest absolute Gasteiger partial charge is 0.497 e. The maximum Gasteiger partial charge on any atom is 0.221 e. The zero-order valence-corrected chi connectivity index (χ0v) is 12.7. The summed E-state index contributed by atoms with van der Waals surface area (Å²) < 4.78 is 10.4. The Morgan fingerprint density at radius 2 is 1.68 bits per heavy atom. The molecule has 2 aromatic rings. The first-order chi connectivity index (χ1) is 10.6. The smallest absolute Gasteiger partial charge is 0.221 e. The van der Waals surface area contributed by atoms with Crippen LogP contribution in [0.15, 0.2) is 42.5 Å². The van der Waals surface area contributed by atoms with E-state index < -0.39 is 0 Å². The summed E-state index contributed by atoms with van der Waals surface area (Å²) in [6.07, 6.45) is 0. The second kappa shape index (κ2) is 6.76. The number of hydrogen-bond acceptors (Lipinski definition) is 4. The number of ketones is 1. The molecular weight excluding hydrogens is 282 g/mol. The van der Waals surface area contributed by atoms with Gasteiger partial charge in [-0.1, -0.05) is 12.1 Å². The molecule has 0 saturated carbocycles. The molecule has 1 N–H and O–H groups in total. The summed E-state index contributed by atoms with van der Waals surface area (Å²) in [5, 5.41) is 2.66. The molecule has 5 nitrogen and oxygen atoms in total. The summed E-state index contributed by atoms with van der Waals surface area (Å²) in [6, 6.07) is 11.8. The molecule has 0 saturated heterocycles. The fourth-order valence-electron chi connectivity index (χ4n) is 2.11. The van der Waals surface area contributed by atoms with E-state index in [2.05, 4.69) is 5.32 Å². The van der Waals surface area contributed by atoms with E-state index in [1.54, 1.807) is 49.6 Å². The van der Waals surface area contributed by atoms with Crippen molar-refractivity contribution in [3.8, 4) is 11.5 Å². The number of para-hydroxylation sites is 1. The Balaban J connectivity index is 2.46. The molecule has 0 radical (unpaired) electrons. The third-order valence-corrected chi connectivity index (χ3v) is 3.14. The van der Waals surface area contributed by atoms with E-state index in [-0.39, 0.29) is 11.7 Å². The van der Waals surface area contributed by atoms with Crippen LogP contribution < -0.4 is 14.8 Å². The number of carbonyl (C=O) groups is 2. The summed E-state index contributed by atoms with van der Waals surface area (Å²) in [7, 11) is 3.04. The number of carbonyl (C=O) groups excluding carboxylic acids is 2. The topological polar surface area (TPSA) is 64.6 Å². The Hall–Kier alpha value is -2.82. The molecule has 2 rings (SSSR count). The predicted molar refractivity (Wildman–Crippen MR) is 83.7 cm³/mol. The van der Waals surface area contributed by atoms with Crippen molar-refractivity contribution >= 4 is 17.4 Å². The van der Waals surface area contributed by atoms with Gasteiger partial charge < -0.3 is 14.8 Å². The highest BCUT2D eigenvalue weighted by molar-refractivity contribution is 6.15. The summed E-state index contributed by atoms with van der Waals surface area (Å²) in [5.41, 5.74) is 1.28. The fraction of sp³-hybridized carbons (Fsp3) is 0.176. The Morgan fingerprint density at radius 1 is 0.955 bits per heavy atom. The molecule has 0 spiro atoms. The first-order valence-corrected chi connectivity index (χ1v) is 6.70. The monoisotopic (exact) mass is 299 g/mol. The third kappa shape index (κ3) is 3.25. The van der Waals surface area contributed by atoms with Crippen molar-refractivity contribution in [2.45, 2.75) is 6.92 Å². The molecule has 0 bridgehead atoms. The lowest BCUT2D eigenvalue weighted by Crippen LogP contribution is -2.12. The van der Waals surface area contributed by atoms with Gasteiger partial charge in [-0.05, 0) is 24.3 Å². The van der Waals surface area contributed by atoms with Crippen LogP contribution in [0.25, 0.3) is 0 Å². The molecule has 2 aromatic carbocycles. The van der Waals surface area contributed by atoms with Gasteiger partial charge in [0.15, 0.2) is 5.78 Å². The van der Waals surface area contributed by atoms with Crippen LogP contribution in [-0.4, -0.2) is 25.9 Å². The van der Waals surface area contributed by atoms with E-state index in [0.29, 0.717) is 28.3 Å². The molecular formula is C17H17NO4. The van der Waals surface area contributed by atoms with Gasteiger partial charge in [-0.15, -0.1) is 0 Å². The molecule has 0 aromatic heterocycles. The van der Waals surface area contributed by atoms with Crippen LogP contribution >= 0.6 is 0 Å². The van der Waals surface area contributed by atoms with E-state index in [1.165, 1.54) is 14.0 Å². The summed E-state index contributed by atoms with van der Waals surface area (Å²) in [6.45, 7) is 1.40. The highest BCUT2D eigenvalue weighted by Gasteiger charge is 2.18. The van der Waals surface area contributed by atoms with E-state index in [4.69, 9.17) is 9.47 Å². The molecule has 0 heterocycles. The van der Waals surface area contributed by atoms with Crippen molar-refractivity contribution in [2.75, 3.05) is 19.5 Å². The molecule has 1 amide bonds. The molecule has 0 aliphatic carbocycles.